The second-order valence-corrected chi connectivity index (χ2v) is 7.78. The van der Waals surface area contributed by atoms with Crippen molar-refractivity contribution >= 4 is 39.9 Å². The van der Waals surface area contributed by atoms with E-state index >= 15 is 0 Å². The maximum Gasteiger partial charge on any atom is 0.329 e. The molecule has 4 rings (SSSR count). The van der Waals surface area contributed by atoms with Gasteiger partial charge in [-0.3, -0.25) is 4.79 Å². The number of fused-ring (bicyclic) bond motifs is 2. The van der Waals surface area contributed by atoms with E-state index in [4.69, 9.17) is 22.9 Å². The molecule has 10 nitrogen and oxygen atoms in total. The van der Waals surface area contributed by atoms with Gasteiger partial charge in [0.2, 0.25) is 17.8 Å². The maximum atomic E-state index is 14.9. The van der Waals surface area contributed by atoms with Crippen LogP contribution >= 0.6 is 0 Å². The molecule has 14 heteroatoms. The second kappa shape index (κ2) is 7.85. The zero-order valence-corrected chi connectivity index (χ0v) is 17.4. The van der Waals surface area contributed by atoms with Crippen molar-refractivity contribution in [2.45, 2.75) is 31.2 Å². The number of nitrogen functional groups attached to an aromatic ring is 2. The zero-order valence-electron chi connectivity index (χ0n) is 17.4. The molecule has 2 aromatic carbocycles. The van der Waals surface area contributed by atoms with Gasteiger partial charge in [0.25, 0.3) is 0 Å². The molecule has 0 radical (unpaired) electrons. The molecule has 0 spiro atoms. The number of anilines is 2. The predicted octanol–water partition coefficient (Wildman–Crippen LogP) is 1.57. The number of imidazole rings is 2. The number of rotatable bonds is 7. The normalized spacial score (nSPS) is 13.6. The number of nitrogens with two attached hydrogens (primary N) is 4. The minimum atomic E-state index is -4.59. The van der Waals surface area contributed by atoms with Crippen LogP contribution in [0, 0.1) is 0 Å². The van der Waals surface area contributed by atoms with E-state index in [1.807, 2.05) is 0 Å². The monoisotopic (exact) mass is 480 g/mol. The number of aliphatic hydroxyl groups is 1. The van der Waals surface area contributed by atoms with E-state index in [0.29, 0.717) is 0 Å². The number of amides is 1. The van der Waals surface area contributed by atoms with E-state index in [-0.39, 0.29) is 33.2 Å². The van der Waals surface area contributed by atoms with E-state index < -0.39 is 49.0 Å². The number of alkyl halides is 4. The highest BCUT2D eigenvalue weighted by molar-refractivity contribution is 5.96. The lowest BCUT2D eigenvalue weighted by atomic mass is 10.1. The van der Waals surface area contributed by atoms with Gasteiger partial charge < -0.3 is 37.2 Å². The molecule has 1 atom stereocenters. The molecular formula is C20H20F4N8O2. The van der Waals surface area contributed by atoms with Crippen LogP contribution in [0.1, 0.15) is 22.1 Å². The van der Waals surface area contributed by atoms with Crippen molar-refractivity contribution in [1.82, 2.24) is 19.1 Å². The molecule has 4 aromatic rings. The van der Waals surface area contributed by atoms with Crippen LogP contribution in [0.5, 0.6) is 0 Å². The smallest absolute Gasteiger partial charge is 0.329 e. The third kappa shape index (κ3) is 3.86. The van der Waals surface area contributed by atoms with Gasteiger partial charge >= 0.3 is 11.8 Å². The summed E-state index contributed by atoms with van der Waals surface area (Å²) < 4.78 is 61.2. The summed E-state index contributed by atoms with van der Waals surface area (Å²) in [5.41, 5.74) is 22.5. The number of primary amides is 1. The molecule has 1 amide bonds. The quantitative estimate of drug-likeness (QED) is 0.197. The van der Waals surface area contributed by atoms with Gasteiger partial charge in [0.15, 0.2) is 0 Å². The van der Waals surface area contributed by atoms with Crippen LogP contribution in [0.2, 0.25) is 0 Å². The highest BCUT2D eigenvalue weighted by Gasteiger charge is 2.57. The predicted molar refractivity (Wildman–Crippen MR) is 116 cm³/mol. The minimum Gasteiger partial charge on any atom is -0.375 e. The van der Waals surface area contributed by atoms with Crippen LogP contribution in [0.3, 0.4) is 0 Å². The molecule has 180 valence electrons. The first-order valence-electron chi connectivity index (χ1n) is 9.81. The summed E-state index contributed by atoms with van der Waals surface area (Å²) in [5.74, 6) is -10.8. The van der Waals surface area contributed by atoms with Gasteiger partial charge in [-0.2, -0.15) is 17.6 Å². The number of hydrogen-bond acceptors (Lipinski definition) is 7. The fourth-order valence-electron chi connectivity index (χ4n) is 3.61. The molecule has 0 aliphatic rings. The number of benzene rings is 2. The van der Waals surface area contributed by atoms with E-state index in [2.05, 4.69) is 9.97 Å². The number of nitrogens with zero attached hydrogens (tertiary/aromatic N) is 4. The molecule has 2 aromatic heterocycles. The van der Waals surface area contributed by atoms with E-state index in [1.165, 1.54) is 36.4 Å². The SMILES string of the molecule is NC(=O)c1ccc2c(c1)nc(N)n2CC(F)(F)C(F)(F)Cn1c(N)nc2cc(C(N)O)ccc21. The molecule has 0 aliphatic carbocycles. The summed E-state index contributed by atoms with van der Waals surface area (Å²) in [5, 5.41) is 9.47. The lowest BCUT2D eigenvalue weighted by Gasteiger charge is -2.28. The van der Waals surface area contributed by atoms with Gasteiger partial charge in [-0.1, -0.05) is 6.07 Å². The molecule has 34 heavy (non-hydrogen) atoms. The number of halogens is 4. The average molecular weight is 480 g/mol. The second-order valence-electron chi connectivity index (χ2n) is 7.78. The Morgan fingerprint density at radius 1 is 0.912 bits per heavy atom. The molecular weight excluding hydrogens is 460 g/mol. The fraction of sp³-hybridized carbons (Fsp3) is 0.250. The lowest BCUT2D eigenvalue weighted by Crippen LogP contribution is -2.47. The Hall–Kier alpha value is -3.91. The molecule has 0 bridgehead atoms. The summed E-state index contributed by atoms with van der Waals surface area (Å²) in [6.45, 7) is -2.97. The van der Waals surface area contributed by atoms with Gasteiger partial charge in [-0.05, 0) is 35.9 Å². The molecule has 0 fully saturated rings. The third-order valence-electron chi connectivity index (χ3n) is 5.45. The third-order valence-corrected chi connectivity index (χ3v) is 5.45. The highest BCUT2D eigenvalue weighted by atomic mass is 19.3. The van der Waals surface area contributed by atoms with Crippen molar-refractivity contribution in [3.05, 3.63) is 47.5 Å². The van der Waals surface area contributed by atoms with E-state index in [0.717, 1.165) is 9.13 Å². The van der Waals surface area contributed by atoms with Crippen LogP contribution in [0.4, 0.5) is 29.5 Å². The van der Waals surface area contributed by atoms with Gasteiger partial charge in [-0.15, -0.1) is 0 Å². The Bertz CT molecular complexity index is 1410. The van der Waals surface area contributed by atoms with Crippen molar-refractivity contribution in [2.24, 2.45) is 11.5 Å². The van der Waals surface area contributed by atoms with Crippen molar-refractivity contribution in [1.29, 1.82) is 0 Å². The Morgan fingerprint density at radius 2 is 1.38 bits per heavy atom. The summed E-state index contributed by atoms with van der Waals surface area (Å²) in [6, 6.07) is 7.70. The summed E-state index contributed by atoms with van der Waals surface area (Å²) in [7, 11) is 0. The first-order chi connectivity index (χ1) is 15.8. The van der Waals surface area contributed by atoms with Crippen molar-refractivity contribution in [3.8, 4) is 0 Å². The number of aromatic nitrogens is 4. The summed E-state index contributed by atoms with van der Waals surface area (Å²) >= 11 is 0. The summed E-state index contributed by atoms with van der Waals surface area (Å²) in [6.07, 6.45) is -1.34. The van der Waals surface area contributed by atoms with Crippen LogP contribution in [0.25, 0.3) is 22.1 Å². The standard InChI is InChI=1S/C20H20F4N8O2/c21-19(22,7-31-13-3-1-9(15(25)33)5-11(13)29-17(31)27)20(23,24)8-32-14-4-2-10(16(26)34)6-12(14)30-18(32)28/h1-6,15,33H,7-8,25H2,(H2,26,34)(H2,27,29)(H2,28,30). The summed E-state index contributed by atoms with van der Waals surface area (Å²) in [4.78, 5) is 19.1. The number of aliphatic hydroxyl groups excluding tert-OH is 1. The Kier molecular flexibility index (Phi) is 5.37. The largest absolute Gasteiger partial charge is 0.375 e. The highest BCUT2D eigenvalue weighted by Crippen LogP contribution is 2.39. The van der Waals surface area contributed by atoms with Gasteiger partial charge in [0.05, 0.1) is 35.2 Å². The topological polar surface area (TPSA) is 177 Å². The minimum absolute atomic E-state index is 0.0263. The van der Waals surface area contributed by atoms with Crippen LogP contribution < -0.4 is 22.9 Å². The number of carbonyl (C=O) groups excluding carboxylic acids is 1. The first kappa shape index (κ1) is 23.3. The van der Waals surface area contributed by atoms with Crippen molar-refractivity contribution in [3.63, 3.8) is 0 Å². The van der Waals surface area contributed by atoms with Crippen LogP contribution in [-0.2, 0) is 13.1 Å². The van der Waals surface area contributed by atoms with Gasteiger partial charge in [0.1, 0.15) is 6.23 Å². The van der Waals surface area contributed by atoms with Crippen molar-refractivity contribution in [2.75, 3.05) is 11.5 Å². The van der Waals surface area contributed by atoms with Gasteiger partial charge in [-0.25, -0.2) is 9.97 Å². The van der Waals surface area contributed by atoms with Gasteiger partial charge in [0, 0.05) is 5.56 Å². The molecule has 2 heterocycles. The molecule has 0 aliphatic heterocycles. The van der Waals surface area contributed by atoms with Crippen LogP contribution in [0.15, 0.2) is 36.4 Å². The van der Waals surface area contributed by atoms with Crippen molar-refractivity contribution < 1.29 is 27.5 Å². The lowest BCUT2D eigenvalue weighted by molar-refractivity contribution is -0.220. The fourth-order valence-corrected chi connectivity index (χ4v) is 3.61. The number of hydrogen-bond donors (Lipinski definition) is 5. The molecule has 9 N–H and O–H groups in total. The molecule has 1 unspecified atom stereocenters. The number of carbonyl (C=O) groups is 1. The average Bonchev–Trinajstić information content (AvgIpc) is 3.22. The maximum absolute atomic E-state index is 14.9. The van der Waals surface area contributed by atoms with Crippen LogP contribution in [-0.4, -0.2) is 42.0 Å². The Morgan fingerprint density at radius 3 is 1.85 bits per heavy atom. The van der Waals surface area contributed by atoms with E-state index in [9.17, 15) is 27.5 Å². The molecule has 0 saturated carbocycles. The first-order valence-corrected chi connectivity index (χ1v) is 9.81. The Balaban J connectivity index is 1.67. The zero-order chi connectivity index (χ0) is 25.0. The Labute approximate surface area is 188 Å². The van der Waals surface area contributed by atoms with E-state index in [1.54, 1.807) is 0 Å². The molecule has 0 saturated heterocycles.